The molecule has 0 aliphatic carbocycles. The van der Waals surface area contributed by atoms with Crippen LogP contribution in [0.4, 0.5) is 0 Å². The topological polar surface area (TPSA) is 33.3 Å². The minimum absolute atomic E-state index is 0.760. The number of nitrogens with one attached hydrogen (secondary N) is 2. The predicted molar refractivity (Wildman–Crippen MR) is 62.0 cm³/mol. The molecule has 15 heavy (non-hydrogen) atoms. The maximum atomic E-state index is 5.83. The molecule has 2 atom stereocenters. The van der Waals surface area contributed by atoms with Crippen molar-refractivity contribution in [2.75, 3.05) is 39.4 Å². The highest BCUT2D eigenvalue weighted by Gasteiger charge is 2.16. The Balaban J connectivity index is 1.53. The molecule has 3 heteroatoms. The van der Waals surface area contributed by atoms with E-state index in [1.54, 1.807) is 0 Å². The molecule has 2 aliphatic rings. The van der Waals surface area contributed by atoms with Crippen LogP contribution in [0.3, 0.4) is 0 Å². The highest BCUT2D eigenvalue weighted by molar-refractivity contribution is 4.70. The lowest BCUT2D eigenvalue weighted by atomic mass is 9.99. The molecule has 0 bridgehead atoms. The molecule has 3 nitrogen and oxygen atoms in total. The third-order valence-electron chi connectivity index (χ3n) is 3.50. The van der Waals surface area contributed by atoms with E-state index in [0.29, 0.717) is 0 Å². The normalized spacial score (nSPS) is 32.8. The smallest absolute Gasteiger partial charge is 0.0506 e. The molecule has 0 spiro atoms. The van der Waals surface area contributed by atoms with E-state index in [4.69, 9.17) is 4.74 Å². The van der Waals surface area contributed by atoms with Gasteiger partial charge in [-0.25, -0.2) is 0 Å². The third-order valence-corrected chi connectivity index (χ3v) is 3.50. The van der Waals surface area contributed by atoms with E-state index in [2.05, 4.69) is 10.6 Å². The standard InChI is InChI=1S/C12H24N2O/c1-3-11(7-13-5-1)9-15-10-12-4-2-6-14-8-12/h11-14H,1-10H2/t11-,12+. The Labute approximate surface area is 93.0 Å². The second-order valence-corrected chi connectivity index (χ2v) is 4.96. The monoisotopic (exact) mass is 212 g/mol. The summed E-state index contributed by atoms with van der Waals surface area (Å²) in [4.78, 5) is 0. The van der Waals surface area contributed by atoms with Gasteiger partial charge in [-0.15, -0.1) is 0 Å². The van der Waals surface area contributed by atoms with Crippen LogP contribution < -0.4 is 10.6 Å². The van der Waals surface area contributed by atoms with Gasteiger partial charge in [-0.3, -0.25) is 0 Å². The largest absolute Gasteiger partial charge is 0.381 e. The first-order valence-corrected chi connectivity index (χ1v) is 6.44. The van der Waals surface area contributed by atoms with Crippen molar-refractivity contribution >= 4 is 0 Å². The minimum Gasteiger partial charge on any atom is -0.381 e. The first-order valence-electron chi connectivity index (χ1n) is 6.44. The summed E-state index contributed by atoms with van der Waals surface area (Å²) in [6.07, 6.45) is 5.32. The summed E-state index contributed by atoms with van der Waals surface area (Å²) in [7, 11) is 0. The Morgan fingerprint density at radius 2 is 1.40 bits per heavy atom. The van der Waals surface area contributed by atoms with Gasteiger partial charge in [0.15, 0.2) is 0 Å². The molecular formula is C12H24N2O. The zero-order valence-corrected chi connectivity index (χ0v) is 9.63. The molecule has 2 aliphatic heterocycles. The number of ether oxygens (including phenoxy) is 1. The maximum absolute atomic E-state index is 5.83. The number of hydrogen-bond donors (Lipinski definition) is 2. The molecule has 88 valence electrons. The van der Waals surface area contributed by atoms with Gasteiger partial charge in [0.05, 0.1) is 13.2 Å². The summed E-state index contributed by atoms with van der Waals surface area (Å²) in [6, 6.07) is 0. The Hall–Kier alpha value is -0.120. The van der Waals surface area contributed by atoms with E-state index in [1.165, 1.54) is 38.8 Å². The van der Waals surface area contributed by atoms with Crippen LogP contribution in [0.25, 0.3) is 0 Å². The summed E-state index contributed by atoms with van der Waals surface area (Å²) in [5, 5.41) is 6.86. The molecule has 0 unspecified atom stereocenters. The van der Waals surface area contributed by atoms with Crippen LogP contribution in [-0.2, 0) is 4.74 Å². The van der Waals surface area contributed by atoms with Gasteiger partial charge in [-0.2, -0.15) is 0 Å². The highest BCUT2D eigenvalue weighted by Crippen LogP contribution is 2.13. The quantitative estimate of drug-likeness (QED) is 0.729. The van der Waals surface area contributed by atoms with E-state index in [1.807, 2.05) is 0 Å². The molecule has 0 saturated carbocycles. The molecule has 2 heterocycles. The number of rotatable bonds is 4. The van der Waals surface area contributed by atoms with Crippen LogP contribution in [0.2, 0.25) is 0 Å². The van der Waals surface area contributed by atoms with Gasteiger partial charge in [0.1, 0.15) is 0 Å². The molecule has 0 aromatic carbocycles. The van der Waals surface area contributed by atoms with Crippen molar-refractivity contribution in [1.82, 2.24) is 10.6 Å². The molecule has 0 aromatic rings. The summed E-state index contributed by atoms with van der Waals surface area (Å²) in [5.41, 5.74) is 0. The minimum atomic E-state index is 0.760. The molecule has 0 aromatic heterocycles. The van der Waals surface area contributed by atoms with Crippen LogP contribution >= 0.6 is 0 Å². The van der Waals surface area contributed by atoms with Gasteiger partial charge in [-0.05, 0) is 50.6 Å². The lowest BCUT2D eigenvalue weighted by Gasteiger charge is -2.25. The molecule has 2 fully saturated rings. The van der Waals surface area contributed by atoms with Gasteiger partial charge < -0.3 is 15.4 Å². The van der Waals surface area contributed by atoms with Crippen molar-refractivity contribution in [3.63, 3.8) is 0 Å². The first-order chi connectivity index (χ1) is 7.45. The fraction of sp³-hybridized carbons (Fsp3) is 1.00. The van der Waals surface area contributed by atoms with Gasteiger partial charge in [-0.1, -0.05) is 0 Å². The van der Waals surface area contributed by atoms with E-state index in [0.717, 1.165) is 38.1 Å². The maximum Gasteiger partial charge on any atom is 0.0506 e. The molecule has 2 rings (SSSR count). The van der Waals surface area contributed by atoms with Crippen molar-refractivity contribution in [2.45, 2.75) is 25.7 Å². The summed E-state index contributed by atoms with van der Waals surface area (Å²) in [5.74, 6) is 1.52. The first kappa shape index (κ1) is 11.4. The number of piperidine rings is 2. The lowest BCUT2D eigenvalue weighted by Crippen LogP contribution is -2.35. The van der Waals surface area contributed by atoms with Crippen LogP contribution in [-0.4, -0.2) is 39.4 Å². The molecule has 2 saturated heterocycles. The van der Waals surface area contributed by atoms with Gasteiger partial charge in [0.25, 0.3) is 0 Å². The van der Waals surface area contributed by atoms with E-state index < -0.39 is 0 Å². The lowest BCUT2D eigenvalue weighted by molar-refractivity contribution is 0.0576. The summed E-state index contributed by atoms with van der Waals surface area (Å²) >= 11 is 0. The third kappa shape index (κ3) is 4.09. The van der Waals surface area contributed by atoms with E-state index in [9.17, 15) is 0 Å². The van der Waals surface area contributed by atoms with Crippen LogP contribution in [0, 0.1) is 11.8 Å². The zero-order valence-electron chi connectivity index (χ0n) is 9.63. The molecular weight excluding hydrogens is 188 g/mol. The fourth-order valence-electron chi connectivity index (χ4n) is 2.53. The SMILES string of the molecule is C1CNC[C@H](COC[C@H]2CCCNC2)C1. The van der Waals surface area contributed by atoms with Gasteiger partial charge in [0, 0.05) is 13.1 Å². The van der Waals surface area contributed by atoms with Crippen LogP contribution in [0.5, 0.6) is 0 Å². The van der Waals surface area contributed by atoms with E-state index in [-0.39, 0.29) is 0 Å². The Morgan fingerprint density at radius 1 is 0.867 bits per heavy atom. The van der Waals surface area contributed by atoms with Crippen molar-refractivity contribution in [3.8, 4) is 0 Å². The van der Waals surface area contributed by atoms with Crippen molar-refractivity contribution in [2.24, 2.45) is 11.8 Å². The average Bonchev–Trinajstić information content (AvgIpc) is 2.32. The van der Waals surface area contributed by atoms with Gasteiger partial charge in [0.2, 0.25) is 0 Å². The Bertz CT molecular complexity index is 145. The fourth-order valence-corrected chi connectivity index (χ4v) is 2.53. The van der Waals surface area contributed by atoms with E-state index >= 15 is 0 Å². The summed E-state index contributed by atoms with van der Waals surface area (Å²) in [6.45, 7) is 6.63. The summed E-state index contributed by atoms with van der Waals surface area (Å²) < 4.78 is 5.83. The Morgan fingerprint density at radius 3 is 1.80 bits per heavy atom. The molecule has 2 N–H and O–H groups in total. The second-order valence-electron chi connectivity index (χ2n) is 4.96. The highest BCUT2D eigenvalue weighted by atomic mass is 16.5. The van der Waals surface area contributed by atoms with Crippen LogP contribution in [0.15, 0.2) is 0 Å². The second kappa shape index (κ2) is 6.46. The average molecular weight is 212 g/mol. The zero-order chi connectivity index (χ0) is 10.3. The molecule has 0 radical (unpaired) electrons. The van der Waals surface area contributed by atoms with Gasteiger partial charge >= 0.3 is 0 Å². The van der Waals surface area contributed by atoms with Crippen molar-refractivity contribution < 1.29 is 4.74 Å². The Kier molecular flexibility index (Phi) is 4.90. The molecule has 0 amide bonds. The number of hydrogen-bond acceptors (Lipinski definition) is 3. The van der Waals surface area contributed by atoms with Crippen molar-refractivity contribution in [1.29, 1.82) is 0 Å². The van der Waals surface area contributed by atoms with Crippen LogP contribution in [0.1, 0.15) is 25.7 Å². The van der Waals surface area contributed by atoms with Crippen molar-refractivity contribution in [3.05, 3.63) is 0 Å². The predicted octanol–water partition coefficient (Wildman–Crippen LogP) is 1.00.